The van der Waals surface area contributed by atoms with Crippen LogP contribution in [-0.4, -0.2) is 110 Å². The SMILES string of the molecule is O=C(NCSCSC/N=C/OOCSCO)OCCSCSOO/C=N/CSCSCNC(=O)OCSCO. The van der Waals surface area contributed by atoms with Crippen molar-refractivity contribution in [3.05, 3.63) is 0 Å². The van der Waals surface area contributed by atoms with Crippen LogP contribution >= 0.6 is 94.4 Å². The number of hydrogen-bond donors (Lipinski definition) is 4. The lowest BCUT2D eigenvalue weighted by molar-refractivity contribution is -0.196. The Kier molecular flexibility index (Phi) is 34.4. The molecule has 22 heteroatoms. The molecule has 2 amide bonds. The molecule has 0 fully saturated rings. The van der Waals surface area contributed by atoms with Gasteiger partial charge in [0.25, 0.3) is 0 Å². The summed E-state index contributed by atoms with van der Waals surface area (Å²) in [5, 5.41) is 24.4. The average molecular weight is 709 g/mol. The van der Waals surface area contributed by atoms with Crippen molar-refractivity contribution in [1.82, 2.24) is 10.6 Å². The summed E-state index contributed by atoms with van der Waals surface area (Å²) in [5.41, 5.74) is 0. The first-order valence-electron chi connectivity index (χ1n) is 10.5. The number of nitrogens with zero attached hydrogens (tertiary/aromatic N) is 2. The molecule has 0 radical (unpaired) electrons. The lowest BCUT2D eigenvalue weighted by Crippen LogP contribution is -2.24. The van der Waals surface area contributed by atoms with Gasteiger partial charge in [0, 0.05) is 15.9 Å². The Morgan fingerprint density at radius 2 is 1.33 bits per heavy atom. The van der Waals surface area contributed by atoms with E-state index in [0.717, 1.165) is 34.0 Å². The molecule has 0 rings (SSSR count). The quantitative estimate of drug-likeness (QED) is 0.0176. The predicted octanol–water partition coefficient (Wildman–Crippen LogP) is 3.69. The molecule has 4 N–H and O–H groups in total. The molecule has 0 unspecified atom stereocenters. The largest absolute Gasteiger partial charge is 0.449 e. The maximum Gasteiger partial charge on any atom is 0.408 e. The summed E-state index contributed by atoms with van der Waals surface area (Å²) in [6.07, 6.45) is 1.43. The van der Waals surface area contributed by atoms with Gasteiger partial charge in [-0.05, 0) is 0 Å². The number of aliphatic imine (C=N–C) groups is 2. The Morgan fingerprint density at radius 1 is 0.718 bits per heavy atom. The summed E-state index contributed by atoms with van der Waals surface area (Å²) < 4.78 is 14.8. The normalized spacial score (nSPS) is 11.1. The van der Waals surface area contributed by atoms with Gasteiger partial charge in [0.15, 0.2) is 0 Å². The van der Waals surface area contributed by atoms with Gasteiger partial charge in [0.05, 0.1) is 52.5 Å². The predicted molar refractivity (Wildman–Crippen MR) is 169 cm³/mol. The van der Waals surface area contributed by atoms with E-state index in [0.29, 0.717) is 34.3 Å². The zero-order chi connectivity index (χ0) is 28.5. The van der Waals surface area contributed by atoms with Gasteiger partial charge in [-0.1, -0.05) is 11.8 Å². The maximum absolute atomic E-state index is 11.6. The number of aliphatic hydroxyl groups excluding tert-OH is 2. The number of carbonyl (C=O) groups excluding carboxylic acids is 2. The van der Waals surface area contributed by atoms with Crippen LogP contribution in [0.25, 0.3) is 0 Å². The number of ether oxygens (including phenoxy) is 2. The molecule has 0 aromatic carbocycles. The van der Waals surface area contributed by atoms with Gasteiger partial charge in [-0.15, -0.1) is 74.9 Å². The lowest BCUT2D eigenvalue weighted by atomic mass is 10.8. The number of hydrogen-bond acceptors (Lipinski definition) is 20. The number of nitrogens with one attached hydrogen (secondary N) is 2. The monoisotopic (exact) mass is 708 g/mol. The Balaban J connectivity index is 3.28. The van der Waals surface area contributed by atoms with Crippen molar-refractivity contribution >= 4 is 119 Å². The fraction of sp³-hybridized carbons (Fsp3) is 0.765. The molecule has 228 valence electrons. The maximum atomic E-state index is 11.6. The van der Waals surface area contributed by atoms with Crippen LogP contribution in [-0.2, 0) is 28.5 Å². The first-order valence-corrected chi connectivity index (χ1v) is 19.5. The molecule has 0 aromatic heterocycles. The van der Waals surface area contributed by atoms with Crippen LogP contribution in [0.15, 0.2) is 9.98 Å². The topological polar surface area (TPSA) is 179 Å². The van der Waals surface area contributed by atoms with Crippen LogP contribution in [0, 0.1) is 0 Å². The van der Waals surface area contributed by atoms with E-state index in [9.17, 15) is 9.59 Å². The fourth-order valence-corrected chi connectivity index (χ4v) is 6.07. The van der Waals surface area contributed by atoms with Crippen LogP contribution in [0.4, 0.5) is 9.59 Å². The van der Waals surface area contributed by atoms with Crippen LogP contribution in [0.1, 0.15) is 0 Å². The van der Waals surface area contributed by atoms with Gasteiger partial charge in [-0.2, -0.15) is 4.89 Å². The average Bonchev–Trinajstić information content (AvgIpc) is 2.93. The van der Waals surface area contributed by atoms with E-state index in [1.807, 2.05) is 0 Å². The van der Waals surface area contributed by atoms with Gasteiger partial charge in [0.2, 0.25) is 12.8 Å². The number of amides is 2. The van der Waals surface area contributed by atoms with Crippen molar-refractivity contribution < 1.29 is 48.3 Å². The van der Waals surface area contributed by atoms with E-state index in [4.69, 9.17) is 33.8 Å². The van der Waals surface area contributed by atoms with Gasteiger partial charge < -0.3 is 40.1 Å². The first kappa shape index (κ1) is 39.1. The second kappa shape index (κ2) is 34.3. The molecule has 0 bridgehead atoms. The molecule has 0 heterocycles. The summed E-state index contributed by atoms with van der Waals surface area (Å²) in [4.78, 5) is 45.0. The highest BCUT2D eigenvalue weighted by Gasteiger charge is 2.02. The zero-order valence-corrected chi connectivity index (χ0v) is 27.2. The van der Waals surface area contributed by atoms with Crippen LogP contribution < -0.4 is 10.6 Å². The minimum Gasteiger partial charge on any atom is -0.449 e. The molecule has 14 nitrogen and oxygen atoms in total. The fourth-order valence-electron chi connectivity index (χ4n) is 1.44. The Hall–Kier alpha value is 0.120. The van der Waals surface area contributed by atoms with E-state index in [1.165, 1.54) is 59.8 Å². The highest BCUT2D eigenvalue weighted by atomic mass is 32.2. The number of thioether (sulfide) groups is 7. The van der Waals surface area contributed by atoms with Crippen molar-refractivity contribution in [2.75, 3.05) is 74.9 Å². The van der Waals surface area contributed by atoms with Crippen molar-refractivity contribution in [3.63, 3.8) is 0 Å². The van der Waals surface area contributed by atoms with E-state index in [2.05, 4.69) is 25.5 Å². The Morgan fingerprint density at radius 3 is 2.00 bits per heavy atom. The molecule has 0 aliphatic carbocycles. The number of aliphatic hydroxyl groups is 2. The van der Waals surface area contributed by atoms with E-state index in [-0.39, 0.29) is 30.4 Å². The van der Waals surface area contributed by atoms with Crippen molar-refractivity contribution in [2.45, 2.75) is 0 Å². The summed E-state index contributed by atoms with van der Waals surface area (Å²) in [7, 11) is 0. The molecular formula is C17H32N4O10S8. The second-order valence-corrected chi connectivity index (χ2v) is 14.1. The number of alkyl carbamates (subject to hydrolysis) is 2. The third-order valence-corrected chi connectivity index (χ3v) is 9.49. The molecular weight excluding hydrogens is 677 g/mol. The summed E-state index contributed by atoms with van der Waals surface area (Å²) in [6, 6.07) is 0. The minimum absolute atomic E-state index is 0.0322. The highest BCUT2D eigenvalue weighted by Crippen LogP contribution is 2.14. The van der Waals surface area contributed by atoms with Gasteiger partial charge >= 0.3 is 12.2 Å². The molecule has 0 aliphatic heterocycles. The number of rotatable bonds is 28. The Bertz CT molecular complexity index is 634. The van der Waals surface area contributed by atoms with Crippen molar-refractivity contribution in [3.8, 4) is 0 Å². The first-order chi connectivity index (χ1) is 19.2. The van der Waals surface area contributed by atoms with Crippen LogP contribution in [0.3, 0.4) is 0 Å². The van der Waals surface area contributed by atoms with Crippen LogP contribution in [0.2, 0.25) is 0 Å². The zero-order valence-electron chi connectivity index (χ0n) is 20.7. The van der Waals surface area contributed by atoms with E-state index >= 15 is 0 Å². The third-order valence-electron chi connectivity index (χ3n) is 2.87. The molecule has 0 saturated heterocycles. The van der Waals surface area contributed by atoms with Crippen molar-refractivity contribution in [2.24, 2.45) is 9.98 Å². The Labute approximate surface area is 261 Å². The van der Waals surface area contributed by atoms with Gasteiger partial charge in [0.1, 0.15) is 18.5 Å². The highest BCUT2D eigenvalue weighted by molar-refractivity contribution is 8.16. The number of carbonyl (C=O) groups is 2. The van der Waals surface area contributed by atoms with Gasteiger partial charge in [-0.25, -0.2) is 19.6 Å². The standard InChI is InChI=1S/C17H32N4O10S8/c22-9-37-11-27-17(25)21-8-36-14-34-6-19-4-29-31-39-15-32-2-1-26-16(24)20-7-35-13-33-5-18-3-28-30-12-38-10-23/h3-4,22-23H,1-2,5-15H2,(H,20,24)(H,21,25)/b18-3+,19-4+. The third kappa shape index (κ3) is 34.2. The molecule has 0 saturated carbocycles. The summed E-state index contributed by atoms with van der Waals surface area (Å²) >= 11 is 11.0. The van der Waals surface area contributed by atoms with Gasteiger partial charge in [-0.3, -0.25) is 0 Å². The lowest BCUT2D eigenvalue weighted by Gasteiger charge is -2.06. The summed E-state index contributed by atoms with van der Waals surface area (Å²) in [5.74, 6) is 2.66. The molecule has 0 aliphatic rings. The van der Waals surface area contributed by atoms with E-state index < -0.39 is 12.2 Å². The molecule has 0 atom stereocenters. The summed E-state index contributed by atoms with van der Waals surface area (Å²) in [6.45, 7) is 0.279. The van der Waals surface area contributed by atoms with E-state index in [1.54, 1.807) is 23.5 Å². The minimum atomic E-state index is -0.518. The van der Waals surface area contributed by atoms with Crippen molar-refractivity contribution in [1.29, 1.82) is 0 Å². The molecule has 0 spiro atoms. The molecule has 39 heavy (non-hydrogen) atoms. The van der Waals surface area contributed by atoms with Crippen LogP contribution in [0.5, 0.6) is 0 Å². The smallest absolute Gasteiger partial charge is 0.408 e. The second-order valence-electron chi connectivity index (χ2n) is 5.52. The molecule has 0 aromatic rings.